The van der Waals surface area contributed by atoms with Crippen molar-refractivity contribution in [3.05, 3.63) is 28.6 Å². The van der Waals surface area contributed by atoms with E-state index in [-0.39, 0.29) is 12.5 Å². The number of nitrogens with zero attached hydrogens (tertiary/aromatic N) is 1. The van der Waals surface area contributed by atoms with Crippen molar-refractivity contribution in [1.82, 2.24) is 9.88 Å². The van der Waals surface area contributed by atoms with E-state index in [0.29, 0.717) is 11.4 Å². The molecule has 2 heterocycles. The standard InChI is InChI=1S/C14H17BrN2O2/c1-19-8-14(18)17-5-4-12-11(7-17)10-3-2-9(15)6-13(10)16-12/h2-3,9,16H,4-8H2,1H3. The Morgan fingerprint density at radius 3 is 3.21 bits per heavy atom. The molecule has 1 aliphatic heterocycles. The maximum Gasteiger partial charge on any atom is 0.248 e. The molecule has 0 spiro atoms. The number of methoxy groups -OCH3 is 1. The van der Waals surface area contributed by atoms with Gasteiger partial charge < -0.3 is 14.6 Å². The second kappa shape index (κ2) is 5.13. The smallest absolute Gasteiger partial charge is 0.248 e. The summed E-state index contributed by atoms with van der Waals surface area (Å²) in [4.78, 5) is 17.7. The first kappa shape index (κ1) is 12.9. The van der Waals surface area contributed by atoms with Gasteiger partial charge in [0.2, 0.25) is 5.91 Å². The Balaban J connectivity index is 1.86. The van der Waals surface area contributed by atoms with Crippen molar-refractivity contribution in [2.24, 2.45) is 0 Å². The lowest BCUT2D eigenvalue weighted by Crippen LogP contribution is -2.38. The van der Waals surface area contributed by atoms with Crippen LogP contribution >= 0.6 is 15.9 Å². The Morgan fingerprint density at radius 1 is 1.58 bits per heavy atom. The highest BCUT2D eigenvalue weighted by atomic mass is 79.9. The quantitative estimate of drug-likeness (QED) is 0.844. The number of hydrogen-bond acceptors (Lipinski definition) is 2. The number of alkyl halides is 1. The minimum absolute atomic E-state index is 0.0706. The van der Waals surface area contributed by atoms with Crippen molar-refractivity contribution in [2.45, 2.75) is 24.2 Å². The predicted octanol–water partition coefficient (Wildman–Crippen LogP) is 1.88. The van der Waals surface area contributed by atoms with Crippen molar-refractivity contribution in [1.29, 1.82) is 0 Å². The van der Waals surface area contributed by atoms with Crippen LogP contribution in [0.15, 0.2) is 6.08 Å². The number of ether oxygens (including phenoxy) is 1. The van der Waals surface area contributed by atoms with Crippen molar-refractivity contribution in [3.8, 4) is 0 Å². The van der Waals surface area contributed by atoms with Crippen LogP contribution < -0.4 is 0 Å². The number of allylic oxidation sites excluding steroid dienone is 1. The van der Waals surface area contributed by atoms with E-state index in [4.69, 9.17) is 4.74 Å². The van der Waals surface area contributed by atoms with Gasteiger partial charge in [0.25, 0.3) is 0 Å². The number of H-pyrrole nitrogens is 1. The topological polar surface area (TPSA) is 45.3 Å². The Bertz CT molecular complexity index is 536. The van der Waals surface area contributed by atoms with Gasteiger partial charge in [-0.3, -0.25) is 4.79 Å². The van der Waals surface area contributed by atoms with Crippen molar-refractivity contribution < 1.29 is 9.53 Å². The zero-order chi connectivity index (χ0) is 13.4. The van der Waals surface area contributed by atoms with Crippen molar-refractivity contribution >= 4 is 27.9 Å². The lowest BCUT2D eigenvalue weighted by atomic mass is 9.98. The average Bonchev–Trinajstić information content (AvgIpc) is 2.75. The number of amides is 1. The predicted molar refractivity (Wildman–Crippen MR) is 77.2 cm³/mol. The molecule has 4 nitrogen and oxygen atoms in total. The molecular weight excluding hydrogens is 308 g/mol. The minimum atomic E-state index is 0.0706. The van der Waals surface area contributed by atoms with E-state index in [1.54, 1.807) is 7.11 Å². The van der Waals surface area contributed by atoms with E-state index in [1.807, 2.05) is 4.90 Å². The summed E-state index contributed by atoms with van der Waals surface area (Å²) in [7, 11) is 1.56. The van der Waals surface area contributed by atoms with Crippen LogP contribution in [0.5, 0.6) is 0 Å². The number of aromatic nitrogens is 1. The summed E-state index contributed by atoms with van der Waals surface area (Å²) >= 11 is 3.62. The van der Waals surface area contributed by atoms with Crippen LogP contribution in [0.25, 0.3) is 6.08 Å². The molecule has 19 heavy (non-hydrogen) atoms. The number of hydrogen-bond donors (Lipinski definition) is 1. The second-order valence-electron chi connectivity index (χ2n) is 5.05. The van der Waals surface area contributed by atoms with Gasteiger partial charge in [-0.2, -0.15) is 0 Å². The average molecular weight is 325 g/mol. The highest BCUT2D eigenvalue weighted by molar-refractivity contribution is 9.09. The molecule has 0 radical (unpaired) electrons. The van der Waals surface area contributed by atoms with E-state index in [9.17, 15) is 4.79 Å². The molecule has 0 bridgehead atoms. The van der Waals surface area contributed by atoms with Gasteiger partial charge in [0.05, 0.1) is 0 Å². The van der Waals surface area contributed by atoms with Gasteiger partial charge in [-0.05, 0) is 5.56 Å². The number of nitrogens with one attached hydrogen (secondary N) is 1. The summed E-state index contributed by atoms with van der Waals surface area (Å²) in [5.41, 5.74) is 5.13. The lowest BCUT2D eigenvalue weighted by molar-refractivity contribution is -0.136. The molecule has 0 saturated carbocycles. The first-order valence-electron chi connectivity index (χ1n) is 6.50. The van der Waals surface area contributed by atoms with E-state index in [0.717, 1.165) is 19.4 Å². The Morgan fingerprint density at radius 2 is 2.42 bits per heavy atom. The fraction of sp³-hybridized carbons (Fsp3) is 0.500. The Kier molecular flexibility index (Phi) is 3.50. The van der Waals surface area contributed by atoms with Crippen LogP contribution in [0.2, 0.25) is 0 Å². The molecule has 1 aromatic heterocycles. The van der Waals surface area contributed by atoms with Gasteiger partial charge >= 0.3 is 0 Å². The van der Waals surface area contributed by atoms with Crippen LogP contribution in [0, 0.1) is 0 Å². The molecule has 102 valence electrons. The van der Waals surface area contributed by atoms with E-state index >= 15 is 0 Å². The zero-order valence-electron chi connectivity index (χ0n) is 10.9. The molecule has 0 fully saturated rings. The number of aromatic amines is 1. The van der Waals surface area contributed by atoms with E-state index in [2.05, 4.69) is 33.1 Å². The molecule has 1 aliphatic carbocycles. The van der Waals surface area contributed by atoms with Crippen LogP contribution in [-0.2, 0) is 28.9 Å². The largest absolute Gasteiger partial charge is 0.375 e. The van der Waals surface area contributed by atoms with Crippen molar-refractivity contribution in [2.75, 3.05) is 20.3 Å². The third-order valence-electron chi connectivity index (χ3n) is 3.79. The summed E-state index contributed by atoms with van der Waals surface area (Å²) in [6.07, 6.45) is 6.23. The van der Waals surface area contributed by atoms with Gasteiger partial charge in [-0.15, -0.1) is 0 Å². The normalized spacial score (nSPS) is 21.2. The fourth-order valence-electron chi connectivity index (χ4n) is 2.83. The molecule has 5 heteroatoms. The number of fused-ring (bicyclic) bond motifs is 3. The highest BCUT2D eigenvalue weighted by Gasteiger charge is 2.27. The zero-order valence-corrected chi connectivity index (χ0v) is 12.5. The van der Waals surface area contributed by atoms with Gasteiger partial charge in [0, 0.05) is 54.8 Å². The van der Waals surface area contributed by atoms with Gasteiger partial charge in [0.15, 0.2) is 0 Å². The molecule has 1 unspecified atom stereocenters. The summed E-state index contributed by atoms with van der Waals surface area (Å²) in [5.74, 6) is 0.0706. The highest BCUT2D eigenvalue weighted by Crippen LogP contribution is 2.31. The lowest BCUT2D eigenvalue weighted by Gasteiger charge is -2.27. The molecular formula is C14H17BrN2O2. The van der Waals surface area contributed by atoms with Crippen molar-refractivity contribution in [3.63, 3.8) is 0 Å². The molecule has 3 rings (SSSR count). The van der Waals surface area contributed by atoms with Gasteiger partial charge in [-0.25, -0.2) is 0 Å². The number of carbonyl (C=O) groups excluding carboxylic acids is 1. The first-order valence-corrected chi connectivity index (χ1v) is 7.42. The minimum Gasteiger partial charge on any atom is -0.375 e. The van der Waals surface area contributed by atoms with Crippen LogP contribution in [-0.4, -0.2) is 40.9 Å². The maximum absolute atomic E-state index is 11.9. The third-order valence-corrected chi connectivity index (χ3v) is 4.42. The van der Waals surface area contributed by atoms with Crippen LogP contribution in [0.3, 0.4) is 0 Å². The number of rotatable bonds is 2. The van der Waals surface area contributed by atoms with E-state index in [1.165, 1.54) is 22.5 Å². The Hall–Kier alpha value is -1.07. The molecule has 2 aliphatic rings. The SMILES string of the molecule is COCC(=O)N1CCc2[nH]c3c(c2C1)C=CC(Br)C3. The molecule has 1 atom stereocenters. The van der Waals surface area contributed by atoms with E-state index < -0.39 is 0 Å². The second-order valence-corrected chi connectivity index (χ2v) is 6.23. The molecule has 1 N–H and O–H groups in total. The maximum atomic E-state index is 11.9. The summed E-state index contributed by atoms with van der Waals surface area (Å²) < 4.78 is 4.93. The van der Waals surface area contributed by atoms with Gasteiger partial charge in [0.1, 0.15) is 6.61 Å². The van der Waals surface area contributed by atoms with Crippen LogP contribution in [0.4, 0.5) is 0 Å². The third kappa shape index (κ3) is 2.37. The summed E-state index contributed by atoms with van der Waals surface area (Å²) in [6, 6.07) is 0. The molecule has 0 saturated heterocycles. The number of halogens is 1. The number of carbonyl (C=O) groups is 1. The molecule has 0 aromatic carbocycles. The Labute approximate surface area is 120 Å². The monoisotopic (exact) mass is 324 g/mol. The summed E-state index contributed by atoms with van der Waals surface area (Å²) in [6.45, 7) is 1.64. The molecule has 1 aromatic rings. The molecule has 1 amide bonds. The summed E-state index contributed by atoms with van der Waals surface area (Å²) in [5, 5.41) is 0. The van der Waals surface area contributed by atoms with Gasteiger partial charge in [-0.1, -0.05) is 28.1 Å². The van der Waals surface area contributed by atoms with Crippen LogP contribution in [0.1, 0.15) is 22.5 Å². The first-order chi connectivity index (χ1) is 9.19. The fourth-order valence-corrected chi connectivity index (χ4v) is 3.31.